The van der Waals surface area contributed by atoms with E-state index in [0.717, 1.165) is 11.3 Å². The Labute approximate surface area is 124 Å². The highest BCUT2D eigenvalue weighted by molar-refractivity contribution is 5.72. The SMILES string of the molecule is CC(C)COC(=O)C[C@@H]1C=C(c2ccc(C#N)cc2)NO1. The minimum absolute atomic E-state index is 0.180. The molecule has 110 valence electrons. The van der Waals surface area contributed by atoms with Crippen LogP contribution in [0, 0.1) is 17.2 Å². The second kappa shape index (κ2) is 6.91. The molecule has 0 fully saturated rings. The maximum Gasteiger partial charge on any atom is 0.308 e. The monoisotopic (exact) mass is 286 g/mol. The molecular weight excluding hydrogens is 268 g/mol. The van der Waals surface area contributed by atoms with Crippen LogP contribution in [0.3, 0.4) is 0 Å². The molecule has 0 saturated heterocycles. The molecule has 21 heavy (non-hydrogen) atoms. The van der Waals surface area contributed by atoms with Crippen LogP contribution in [0.25, 0.3) is 5.70 Å². The van der Waals surface area contributed by atoms with Gasteiger partial charge in [0.05, 0.1) is 30.4 Å². The van der Waals surface area contributed by atoms with Crippen LogP contribution in [-0.2, 0) is 14.4 Å². The summed E-state index contributed by atoms with van der Waals surface area (Å²) in [5.74, 6) is 0.0501. The van der Waals surface area contributed by atoms with Crippen LogP contribution in [0.15, 0.2) is 30.3 Å². The van der Waals surface area contributed by atoms with E-state index in [2.05, 4.69) is 11.5 Å². The zero-order valence-corrected chi connectivity index (χ0v) is 12.1. The molecule has 1 aliphatic heterocycles. The van der Waals surface area contributed by atoms with E-state index in [1.165, 1.54) is 0 Å². The van der Waals surface area contributed by atoms with Crippen molar-refractivity contribution < 1.29 is 14.4 Å². The number of carbonyl (C=O) groups excluding carboxylic acids is 1. The van der Waals surface area contributed by atoms with Crippen molar-refractivity contribution in [1.29, 1.82) is 5.26 Å². The molecule has 5 heteroatoms. The zero-order valence-electron chi connectivity index (χ0n) is 12.1. The highest BCUT2D eigenvalue weighted by Crippen LogP contribution is 2.20. The number of nitrogens with one attached hydrogen (secondary N) is 1. The maximum atomic E-state index is 11.6. The van der Waals surface area contributed by atoms with Crippen LogP contribution in [0.2, 0.25) is 0 Å². The van der Waals surface area contributed by atoms with Crippen molar-refractivity contribution >= 4 is 11.7 Å². The number of hydrogen-bond donors (Lipinski definition) is 1. The van der Waals surface area contributed by atoms with Crippen LogP contribution >= 0.6 is 0 Å². The topological polar surface area (TPSA) is 71.4 Å². The summed E-state index contributed by atoms with van der Waals surface area (Å²) in [4.78, 5) is 17.0. The third kappa shape index (κ3) is 4.33. The number of benzene rings is 1. The van der Waals surface area contributed by atoms with Crippen LogP contribution in [-0.4, -0.2) is 18.7 Å². The summed E-state index contributed by atoms with van der Waals surface area (Å²) < 4.78 is 5.12. The first kappa shape index (κ1) is 15.1. The van der Waals surface area contributed by atoms with Crippen molar-refractivity contribution in [2.45, 2.75) is 26.4 Å². The van der Waals surface area contributed by atoms with Crippen molar-refractivity contribution in [1.82, 2.24) is 5.48 Å². The highest BCUT2D eigenvalue weighted by Gasteiger charge is 2.21. The van der Waals surface area contributed by atoms with Crippen molar-refractivity contribution in [3.8, 4) is 6.07 Å². The van der Waals surface area contributed by atoms with Gasteiger partial charge >= 0.3 is 5.97 Å². The Morgan fingerprint density at radius 3 is 2.76 bits per heavy atom. The molecule has 0 aromatic heterocycles. The number of nitriles is 1. The first-order chi connectivity index (χ1) is 10.1. The predicted octanol–water partition coefficient (Wildman–Crippen LogP) is 2.39. The lowest BCUT2D eigenvalue weighted by atomic mass is 10.1. The molecule has 1 atom stereocenters. The Morgan fingerprint density at radius 2 is 2.14 bits per heavy atom. The average molecular weight is 286 g/mol. The number of carbonyl (C=O) groups is 1. The van der Waals surface area contributed by atoms with Crippen molar-refractivity contribution in [2.24, 2.45) is 5.92 Å². The second-order valence-electron chi connectivity index (χ2n) is 5.31. The first-order valence-electron chi connectivity index (χ1n) is 6.88. The molecule has 1 aliphatic rings. The van der Waals surface area contributed by atoms with E-state index >= 15 is 0 Å². The normalized spacial score (nSPS) is 17.0. The lowest BCUT2D eigenvalue weighted by molar-refractivity contribution is -0.147. The van der Waals surface area contributed by atoms with Crippen LogP contribution < -0.4 is 5.48 Å². The quantitative estimate of drug-likeness (QED) is 0.841. The molecule has 1 heterocycles. The molecule has 0 spiro atoms. The third-order valence-electron chi connectivity index (χ3n) is 2.94. The van der Waals surface area contributed by atoms with Crippen LogP contribution in [0.1, 0.15) is 31.4 Å². The molecule has 1 aromatic carbocycles. The molecular formula is C16H18N2O3. The molecule has 0 saturated carbocycles. The summed E-state index contributed by atoms with van der Waals surface area (Å²) in [6.45, 7) is 4.40. The molecule has 1 aromatic rings. The Kier molecular flexibility index (Phi) is 4.96. The summed E-state index contributed by atoms with van der Waals surface area (Å²) in [6.07, 6.45) is 1.69. The van der Waals surface area contributed by atoms with Gasteiger partial charge in [0.2, 0.25) is 0 Å². The predicted molar refractivity (Wildman–Crippen MR) is 77.6 cm³/mol. The van der Waals surface area contributed by atoms with Gasteiger partial charge in [0, 0.05) is 0 Å². The molecule has 1 N–H and O–H groups in total. The molecule has 0 amide bonds. The van der Waals surface area contributed by atoms with Gasteiger partial charge in [0.25, 0.3) is 0 Å². The second-order valence-corrected chi connectivity index (χ2v) is 5.31. The van der Waals surface area contributed by atoms with Crippen LogP contribution in [0.4, 0.5) is 0 Å². The number of nitrogens with zero attached hydrogens (tertiary/aromatic N) is 1. The number of hydroxylamine groups is 1. The summed E-state index contributed by atoms with van der Waals surface area (Å²) in [6, 6.07) is 9.21. The third-order valence-corrected chi connectivity index (χ3v) is 2.94. The fraction of sp³-hybridized carbons (Fsp3) is 0.375. The van der Waals surface area contributed by atoms with Gasteiger partial charge in [-0.2, -0.15) is 5.26 Å². The molecule has 0 unspecified atom stereocenters. The minimum atomic E-state index is -0.338. The fourth-order valence-electron chi connectivity index (χ4n) is 1.86. The molecule has 0 aliphatic carbocycles. The standard InChI is InChI=1S/C16H18N2O3/c1-11(2)10-20-16(19)8-14-7-15(18-21-14)13-5-3-12(9-17)4-6-13/h3-7,11,14,18H,8,10H2,1-2H3/t14-/m0/s1. The van der Waals surface area contributed by atoms with E-state index in [9.17, 15) is 4.79 Å². The average Bonchev–Trinajstić information content (AvgIpc) is 2.93. The summed E-state index contributed by atoms with van der Waals surface area (Å²) in [5, 5.41) is 8.77. The molecule has 5 nitrogen and oxygen atoms in total. The van der Waals surface area contributed by atoms with Crippen LogP contribution in [0.5, 0.6) is 0 Å². The largest absolute Gasteiger partial charge is 0.465 e. The van der Waals surface area contributed by atoms with Gasteiger partial charge in [-0.25, -0.2) is 0 Å². The summed E-state index contributed by atoms with van der Waals surface area (Å²) >= 11 is 0. The van der Waals surface area contributed by atoms with E-state index in [4.69, 9.17) is 14.8 Å². The van der Waals surface area contributed by atoms with Gasteiger partial charge in [-0.1, -0.05) is 26.0 Å². The van der Waals surface area contributed by atoms with Gasteiger partial charge in [0.15, 0.2) is 0 Å². The lowest BCUT2D eigenvalue weighted by Gasteiger charge is -2.09. The first-order valence-corrected chi connectivity index (χ1v) is 6.88. The molecule has 0 radical (unpaired) electrons. The minimum Gasteiger partial charge on any atom is -0.465 e. The Balaban J connectivity index is 1.92. The fourth-order valence-corrected chi connectivity index (χ4v) is 1.86. The van der Waals surface area contributed by atoms with Gasteiger partial charge in [0.1, 0.15) is 6.10 Å². The molecule has 2 rings (SSSR count). The van der Waals surface area contributed by atoms with E-state index in [0.29, 0.717) is 18.1 Å². The van der Waals surface area contributed by atoms with Crippen molar-refractivity contribution in [3.05, 3.63) is 41.5 Å². The Hall–Kier alpha value is -2.32. The number of rotatable bonds is 5. The van der Waals surface area contributed by atoms with Gasteiger partial charge < -0.3 is 4.74 Å². The van der Waals surface area contributed by atoms with Crippen molar-refractivity contribution in [3.63, 3.8) is 0 Å². The van der Waals surface area contributed by atoms with Gasteiger partial charge in [-0.15, -0.1) is 0 Å². The number of ether oxygens (including phenoxy) is 1. The maximum absolute atomic E-state index is 11.6. The zero-order chi connectivity index (χ0) is 15.2. The lowest BCUT2D eigenvalue weighted by Crippen LogP contribution is -2.19. The Bertz CT molecular complexity index is 570. The van der Waals surface area contributed by atoms with Crippen molar-refractivity contribution in [2.75, 3.05) is 6.61 Å². The number of esters is 1. The molecule has 0 bridgehead atoms. The summed E-state index contributed by atoms with van der Waals surface area (Å²) in [7, 11) is 0. The van der Waals surface area contributed by atoms with E-state index in [1.54, 1.807) is 12.1 Å². The number of hydrogen-bond acceptors (Lipinski definition) is 5. The van der Waals surface area contributed by atoms with E-state index in [-0.39, 0.29) is 18.5 Å². The van der Waals surface area contributed by atoms with E-state index < -0.39 is 0 Å². The Morgan fingerprint density at radius 1 is 1.43 bits per heavy atom. The smallest absolute Gasteiger partial charge is 0.308 e. The highest BCUT2D eigenvalue weighted by atomic mass is 16.7. The summed E-state index contributed by atoms with van der Waals surface area (Å²) in [5.41, 5.74) is 5.11. The van der Waals surface area contributed by atoms with Gasteiger partial charge in [-0.05, 0) is 29.7 Å². The van der Waals surface area contributed by atoms with Gasteiger partial charge in [-0.3, -0.25) is 15.1 Å². The van der Waals surface area contributed by atoms with E-state index in [1.807, 2.05) is 32.1 Å².